The van der Waals surface area contributed by atoms with Gasteiger partial charge in [0.1, 0.15) is 0 Å². The quantitative estimate of drug-likeness (QED) is 0.503. The van der Waals surface area contributed by atoms with Gasteiger partial charge < -0.3 is 0 Å². The number of benzene rings is 2. The molecule has 3 rings (SSSR count). The molecule has 0 amide bonds. The van der Waals surface area contributed by atoms with Gasteiger partial charge in [0, 0.05) is 0 Å². The zero-order valence-corrected chi connectivity index (χ0v) is 14.3. The van der Waals surface area contributed by atoms with Crippen LogP contribution >= 0.6 is 0 Å². The zero-order chi connectivity index (χ0) is 17.6. The van der Waals surface area contributed by atoms with Gasteiger partial charge in [-0.15, -0.1) is 0 Å². The molecule has 0 aromatic heterocycles. The second kappa shape index (κ2) is 8.15. The maximum Gasteiger partial charge on any atom is 0.159 e. The Bertz CT molecular complexity index is 758. The Hall–Kier alpha value is -2.36. The van der Waals surface area contributed by atoms with E-state index >= 15 is 0 Å². The smallest absolute Gasteiger partial charge is 0.159 e. The molecule has 0 heterocycles. The molecule has 1 aliphatic carbocycles. The molecule has 130 valence electrons. The third-order valence-electron chi connectivity index (χ3n) is 4.85. The van der Waals surface area contributed by atoms with E-state index in [2.05, 4.69) is 29.3 Å². The molecule has 0 saturated heterocycles. The molecule has 2 nitrogen and oxygen atoms in total. The highest BCUT2D eigenvalue weighted by Gasteiger charge is 2.19. The number of halogens is 2. The minimum atomic E-state index is -0.888. The summed E-state index contributed by atoms with van der Waals surface area (Å²) in [6, 6.07) is 12.0. The molecule has 1 aliphatic rings. The maximum absolute atomic E-state index is 13.1. The average Bonchev–Trinajstić information content (AvgIpc) is 2.63. The summed E-state index contributed by atoms with van der Waals surface area (Å²) >= 11 is 0. The first-order valence-electron chi connectivity index (χ1n) is 8.73. The topological polar surface area (TPSA) is 24.7 Å². The molecule has 0 radical (unpaired) electrons. The van der Waals surface area contributed by atoms with E-state index in [1.807, 2.05) is 12.1 Å². The monoisotopic (exact) mass is 340 g/mol. The van der Waals surface area contributed by atoms with Gasteiger partial charge in [0.25, 0.3) is 0 Å². The van der Waals surface area contributed by atoms with E-state index in [9.17, 15) is 8.78 Å². The van der Waals surface area contributed by atoms with E-state index in [1.54, 1.807) is 6.21 Å². The Labute approximate surface area is 147 Å². The van der Waals surface area contributed by atoms with Crippen molar-refractivity contribution in [2.45, 2.75) is 38.5 Å². The van der Waals surface area contributed by atoms with Gasteiger partial charge in [-0.3, -0.25) is 0 Å². The molecule has 1 fully saturated rings. The highest BCUT2D eigenvalue weighted by atomic mass is 19.2. The van der Waals surface area contributed by atoms with Crippen LogP contribution in [0.4, 0.5) is 8.78 Å². The molecule has 2 aromatic carbocycles. The van der Waals surface area contributed by atoms with Crippen LogP contribution in [-0.2, 0) is 0 Å². The fourth-order valence-electron chi connectivity index (χ4n) is 3.24. The van der Waals surface area contributed by atoms with Crippen LogP contribution in [0.2, 0.25) is 0 Å². The van der Waals surface area contributed by atoms with E-state index in [0.717, 1.165) is 23.6 Å². The van der Waals surface area contributed by atoms with Crippen molar-refractivity contribution in [2.24, 2.45) is 16.1 Å². The summed E-state index contributed by atoms with van der Waals surface area (Å²) in [6.45, 7) is 2.33. The maximum atomic E-state index is 13.1. The summed E-state index contributed by atoms with van der Waals surface area (Å²) < 4.78 is 25.9. The van der Waals surface area contributed by atoms with Crippen LogP contribution in [0.25, 0.3) is 0 Å². The van der Waals surface area contributed by atoms with Crippen molar-refractivity contribution in [1.29, 1.82) is 0 Å². The van der Waals surface area contributed by atoms with Gasteiger partial charge in [0.2, 0.25) is 0 Å². The van der Waals surface area contributed by atoms with Gasteiger partial charge in [-0.25, -0.2) is 8.78 Å². The molecule has 25 heavy (non-hydrogen) atoms. The van der Waals surface area contributed by atoms with Gasteiger partial charge in [-0.1, -0.05) is 50.1 Å². The highest BCUT2D eigenvalue weighted by Crippen LogP contribution is 2.35. The molecule has 4 heteroatoms. The Morgan fingerprint density at radius 2 is 1.40 bits per heavy atom. The minimum Gasteiger partial charge on any atom is -0.204 e. The van der Waals surface area contributed by atoms with E-state index < -0.39 is 11.6 Å². The summed E-state index contributed by atoms with van der Waals surface area (Å²) in [7, 11) is 0. The number of hydrogen-bond acceptors (Lipinski definition) is 2. The van der Waals surface area contributed by atoms with Crippen molar-refractivity contribution < 1.29 is 8.78 Å². The third-order valence-corrected chi connectivity index (χ3v) is 4.85. The molecular weight excluding hydrogens is 318 g/mol. The Balaban J connectivity index is 1.58. The predicted molar refractivity (Wildman–Crippen MR) is 98.4 cm³/mol. The molecule has 0 unspecified atom stereocenters. The first-order valence-corrected chi connectivity index (χ1v) is 8.73. The summed E-state index contributed by atoms with van der Waals surface area (Å²) in [6.07, 6.45) is 8.22. The lowest BCUT2D eigenvalue weighted by atomic mass is 9.79. The van der Waals surface area contributed by atoms with Crippen LogP contribution in [0.15, 0.2) is 52.7 Å². The van der Waals surface area contributed by atoms with E-state index in [-0.39, 0.29) is 0 Å². The Kier molecular flexibility index (Phi) is 5.69. The van der Waals surface area contributed by atoms with Crippen molar-refractivity contribution >= 4 is 12.4 Å². The van der Waals surface area contributed by atoms with Gasteiger partial charge in [0.15, 0.2) is 11.6 Å². The predicted octanol–water partition coefficient (Wildman–Crippen LogP) is 5.71. The molecule has 0 spiro atoms. The van der Waals surface area contributed by atoms with Gasteiger partial charge in [0.05, 0.1) is 12.4 Å². The number of hydrogen-bond donors (Lipinski definition) is 0. The standard InChI is InChI=1S/C21H22F2N2/c1-15-2-7-18(8-3-15)19-9-4-16(5-10-19)13-24-25-14-17-6-11-20(22)21(23)12-17/h4-6,9-15,18H,2-3,7-8H2,1H3/b24-13-,25-14-. The lowest BCUT2D eigenvalue weighted by Gasteiger charge is -2.26. The first-order chi connectivity index (χ1) is 12.1. The van der Waals surface area contributed by atoms with Gasteiger partial charge >= 0.3 is 0 Å². The molecular formula is C21H22F2N2. The second-order valence-electron chi connectivity index (χ2n) is 6.79. The molecule has 0 atom stereocenters. The molecule has 0 bridgehead atoms. The summed E-state index contributed by atoms with van der Waals surface area (Å²) in [5, 5.41) is 7.85. The summed E-state index contributed by atoms with van der Waals surface area (Å²) in [5.41, 5.74) is 2.84. The molecule has 0 N–H and O–H groups in total. The molecule has 2 aromatic rings. The lowest BCUT2D eigenvalue weighted by Crippen LogP contribution is -2.10. The summed E-state index contributed by atoms with van der Waals surface area (Å²) in [4.78, 5) is 0. The third kappa shape index (κ3) is 4.81. The van der Waals surface area contributed by atoms with Crippen molar-refractivity contribution in [2.75, 3.05) is 0 Å². The van der Waals surface area contributed by atoms with Crippen LogP contribution in [0, 0.1) is 17.6 Å². The van der Waals surface area contributed by atoms with Crippen LogP contribution < -0.4 is 0 Å². The summed E-state index contributed by atoms with van der Waals surface area (Å²) in [5.74, 6) is -0.225. The largest absolute Gasteiger partial charge is 0.204 e. The van der Waals surface area contributed by atoms with Crippen molar-refractivity contribution in [1.82, 2.24) is 0 Å². The van der Waals surface area contributed by atoms with Crippen LogP contribution in [0.3, 0.4) is 0 Å². The Morgan fingerprint density at radius 3 is 2.04 bits per heavy atom. The minimum absolute atomic E-state index is 0.470. The van der Waals surface area contributed by atoms with E-state index in [4.69, 9.17) is 0 Å². The van der Waals surface area contributed by atoms with Crippen LogP contribution in [-0.4, -0.2) is 12.4 Å². The van der Waals surface area contributed by atoms with E-state index in [0.29, 0.717) is 11.5 Å². The van der Waals surface area contributed by atoms with Crippen molar-refractivity contribution in [3.63, 3.8) is 0 Å². The van der Waals surface area contributed by atoms with Crippen LogP contribution in [0.1, 0.15) is 55.2 Å². The number of rotatable bonds is 4. The first kappa shape index (κ1) is 17.5. The van der Waals surface area contributed by atoms with Crippen molar-refractivity contribution in [3.05, 3.63) is 70.8 Å². The van der Waals surface area contributed by atoms with Crippen molar-refractivity contribution in [3.8, 4) is 0 Å². The average molecular weight is 340 g/mol. The fourth-order valence-corrected chi connectivity index (χ4v) is 3.24. The second-order valence-corrected chi connectivity index (χ2v) is 6.79. The molecule has 1 saturated carbocycles. The van der Waals surface area contributed by atoms with E-state index in [1.165, 1.54) is 43.5 Å². The normalized spacial score (nSPS) is 21.2. The van der Waals surface area contributed by atoms with Gasteiger partial charge in [-0.05, 0) is 53.5 Å². The lowest BCUT2D eigenvalue weighted by molar-refractivity contribution is 0.348. The number of nitrogens with zero attached hydrogens (tertiary/aromatic N) is 2. The van der Waals surface area contributed by atoms with Crippen LogP contribution in [0.5, 0.6) is 0 Å². The van der Waals surface area contributed by atoms with Gasteiger partial charge in [-0.2, -0.15) is 10.2 Å². The highest BCUT2D eigenvalue weighted by molar-refractivity contribution is 5.82. The fraction of sp³-hybridized carbons (Fsp3) is 0.333. The molecule has 0 aliphatic heterocycles. The zero-order valence-electron chi connectivity index (χ0n) is 14.3. The SMILES string of the molecule is CC1CCC(c2ccc(/C=N\N=C/c3ccc(F)c(F)c3)cc2)CC1. The Morgan fingerprint density at radius 1 is 0.800 bits per heavy atom.